The van der Waals surface area contributed by atoms with Crippen molar-refractivity contribution < 1.29 is 19.1 Å². The minimum absolute atomic E-state index is 0.0162. The number of hydrogen-bond acceptors (Lipinski definition) is 5. The Balaban J connectivity index is 2.35. The smallest absolute Gasteiger partial charge is 0.259 e. The summed E-state index contributed by atoms with van der Waals surface area (Å²) >= 11 is 3.98. The Bertz CT molecular complexity index is 566. The molecule has 0 bridgehead atoms. The number of benzene rings is 1. The SMILES string of the molecule is COc1ccc(C=C2C(=O)NC(S)NC2=O)cc1OC. The molecule has 106 valence electrons. The van der Waals surface area contributed by atoms with Crippen molar-refractivity contribution in [2.24, 2.45) is 0 Å². The van der Waals surface area contributed by atoms with Gasteiger partial charge in [0.2, 0.25) is 0 Å². The van der Waals surface area contributed by atoms with E-state index in [1.54, 1.807) is 18.2 Å². The Morgan fingerprint density at radius 1 is 1.10 bits per heavy atom. The van der Waals surface area contributed by atoms with Crippen LogP contribution in [0.4, 0.5) is 0 Å². The van der Waals surface area contributed by atoms with Crippen LogP contribution in [-0.2, 0) is 9.59 Å². The largest absolute Gasteiger partial charge is 0.493 e. The second kappa shape index (κ2) is 5.87. The van der Waals surface area contributed by atoms with E-state index in [4.69, 9.17) is 9.47 Å². The zero-order valence-electron chi connectivity index (χ0n) is 11.0. The molecule has 2 rings (SSSR count). The molecular weight excluding hydrogens is 280 g/mol. The van der Waals surface area contributed by atoms with Gasteiger partial charge in [0.25, 0.3) is 11.8 Å². The number of hydrogen-bond donors (Lipinski definition) is 3. The third-order valence-electron chi connectivity index (χ3n) is 2.74. The van der Waals surface area contributed by atoms with Crippen molar-refractivity contribution in [3.8, 4) is 11.5 Å². The molecule has 2 N–H and O–H groups in total. The zero-order chi connectivity index (χ0) is 14.7. The summed E-state index contributed by atoms with van der Waals surface area (Å²) in [6.07, 6.45) is 1.48. The van der Waals surface area contributed by atoms with Crippen LogP contribution in [0.5, 0.6) is 11.5 Å². The fourth-order valence-electron chi connectivity index (χ4n) is 1.78. The first-order chi connectivity index (χ1) is 9.55. The molecule has 0 aliphatic carbocycles. The third kappa shape index (κ3) is 2.88. The summed E-state index contributed by atoms with van der Waals surface area (Å²) in [5.74, 6) is 0.153. The van der Waals surface area contributed by atoms with Crippen molar-refractivity contribution >= 4 is 30.5 Å². The van der Waals surface area contributed by atoms with Gasteiger partial charge >= 0.3 is 0 Å². The number of carbonyl (C=O) groups excluding carboxylic acids is 2. The summed E-state index contributed by atoms with van der Waals surface area (Å²) in [4.78, 5) is 23.5. The molecule has 1 aromatic carbocycles. The lowest BCUT2D eigenvalue weighted by Crippen LogP contribution is -2.52. The van der Waals surface area contributed by atoms with E-state index in [0.717, 1.165) is 0 Å². The first-order valence-corrected chi connectivity index (χ1v) is 6.30. The van der Waals surface area contributed by atoms with Crippen molar-refractivity contribution in [1.82, 2.24) is 10.6 Å². The summed E-state index contributed by atoms with van der Waals surface area (Å²) in [6.45, 7) is 0. The fraction of sp³-hybridized carbons (Fsp3) is 0.231. The van der Waals surface area contributed by atoms with E-state index in [1.165, 1.54) is 20.3 Å². The van der Waals surface area contributed by atoms with Gasteiger partial charge in [0.1, 0.15) is 11.1 Å². The highest BCUT2D eigenvalue weighted by atomic mass is 32.1. The average Bonchev–Trinajstić information content (AvgIpc) is 2.42. The van der Waals surface area contributed by atoms with E-state index >= 15 is 0 Å². The van der Waals surface area contributed by atoms with Crippen LogP contribution < -0.4 is 20.1 Å². The molecule has 0 spiro atoms. The van der Waals surface area contributed by atoms with Crippen LogP contribution in [0, 0.1) is 0 Å². The maximum Gasteiger partial charge on any atom is 0.259 e. The normalized spacial score (nSPS) is 18.1. The highest BCUT2D eigenvalue weighted by Crippen LogP contribution is 2.28. The molecule has 0 unspecified atom stereocenters. The van der Waals surface area contributed by atoms with Crippen molar-refractivity contribution in [2.75, 3.05) is 14.2 Å². The van der Waals surface area contributed by atoms with Crippen molar-refractivity contribution in [1.29, 1.82) is 0 Å². The van der Waals surface area contributed by atoms with Gasteiger partial charge in [-0.25, -0.2) is 0 Å². The van der Waals surface area contributed by atoms with Crippen LogP contribution in [0.3, 0.4) is 0 Å². The summed E-state index contributed by atoms with van der Waals surface area (Å²) in [5, 5.41) is 5.00. The third-order valence-corrected chi connectivity index (χ3v) is 3.00. The second-order valence-corrected chi connectivity index (χ2v) is 4.54. The van der Waals surface area contributed by atoms with Gasteiger partial charge in [-0.3, -0.25) is 9.59 Å². The van der Waals surface area contributed by atoms with Crippen LogP contribution in [0.15, 0.2) is 23.8 Å². The molecule has 0 saturated carbocycles. The number of carbonyl (C=O) groups is 2. The molecule has 1 aromatic rings. The predicted molar refractivity (Wildman–Crippen MR) is 76.6 cm³/mol. The molecular formula is C13H14N2O4S. The maximum absolute atomic E-state index is 11.8. The van der Waals surface area contributed by atoms with Crippen LogP contribution >= 0.6 is 12.6 Å². The Morgan fingerprint density at radius 3 is 2.25 bits per heavy atom. The Hall–Kier alpha value is -2.15. The standard InChI is InChI=1S/C13H14N2O4S/c1-18-9-4-3-7(6-10(9)19-2)5-8-11(16)14-13(20)15-12(8)17/h3-6,13,20H,1-2H3,(H,14,16)(H,15,17). The molecule has 0 aromatic heterocycles. The number of rotatable bonds is 3. The van der Waals surface area contributed by atoms with E-state index in [2.05, 4.69) is 23.3 Å². The average molecular weight is 294 g/mol. The number of thiol groups is 1. The van der Waals surface area contributed by atoms with E-state index in [9.17, 15) is 9.59 Å². The Labute approximate surface area is 121 Å². The molecule has 20 heavy (non-hydrogen) atoms. The van der Waals surface area contributed by atoms with Gasteiger partial charge in [-0.05, 0) is 23.8 Å². The first kappa shape index (κ1) is 14.3. The molecule has 1 saturated heterocycles. The van der Waals surface area contributed by atoms with Gasteiger partial charge in [0.15, 0.2) is 11.5 Å². The number of ether oxygens (including phenoxy) is 2. The van der Waals surface area contributed by atoms with Gasteiger partial charge in [-0.15, -0.1) is 12.6 Å². The molecule has 0 atom stereocenters. The van der Waals surface area contributed by atoms with Gasteiger partial charge in [0, 0.05) is 0 Å². The van der Waals surface area contributed by atoms with E-state index < -0.39 is 17.3 Å². The lowest BCUT2D eigenvalue weighted by atomic mass is 10.1. The van der Waals surface area contributed by atoms with Crippen molar-refractivity contribution in [3.63, 3.8) is 0 Å². The first-order valence-electron chi connectivity index (χ1n) is 5.78. The number of nitrogens with one attached hydrogen (secondary N) is 2. The molecule has 6 nitrogen and oxygen atoms in total. The minimum Gasteiger partial charge on any atom is -0.493 e. The maximum atomic E-state index is 11.8. The molecule has 1 aliphatic rings. The molecule has 1 heterocycles. The summed E-state index contributed by atoms with van der Waals surface area (Å²) in [7, 11) is 3.05. The summed E-state index contributed by atoms with van der Waals surface area (Å²) < 4.78 is 10.3. The molecule has 1 aliphatic heterocycles. The second-order valence-electron chi connectivity index (χ2n) is 4.02. The van der Waals surface area contributed by atoms with Crippen molar-refractivity contribution in [2.45, 2.75) is 5.50 Å². The Kier molecular flexibility index (Phi) is 4.19. The Morgan fingerprint density at radius 2 is 1.70 bits per heavy atom. The van der Waals surface area contributed by atoms with Gasteiger partial charge in [-0.1, -0.05) is 6.07 Å². The lowest BCUT2D eigenvalue weighted by molar-refractivity contribution is -0.126. The van der Waals surface area contributed by atoms with Gasteiger partial charge in [-0.2, -0.15) is 0 Å². The topological polar surface area (TPSA) is 76.7 Å². The minimum atomic E-state index is -0.669. The predicted octanol–water partition coefficient (Wildman–Crippen LogP) is 0.547. The zero-order valence-corrected chi connectivity index (χ0v) is 11.9. The molecule has 0 radical (unpaired) electrons. The van der Waals surface area contributed by atoms with Gasteiger partial charge in [0.05, 0.1) is 14.2 Å². The fourth-order valence-corrected chi connectivity index (χ4v) is 2.02. The highest BCUT2D eigenvalue weighted by molar-refractivity contribution is 7.80. The summed E-state index contributed by atoms with van der Waals surface area (Å²) in [6, 6.07) is 5.10. The van der Waals surface area contributed by atoms with E-state index in [-0.39, 0.29) is 5.57 Å². The molecule has 7 heteroatoms. The van der Waals surface area contributed by atoms with Gasteiger partial charge < -0.3 is 20.1 Å². The van der Waals surface area contributed by atoms with Crippen LogP contribution in [0.2, 0.25) is 0 Å². The highest BCUT2D eigenvalue weighted by Gasteiger charge is 2.26. The van der Waals surface area contributed by atoms with E-state index in [0.29, 0.717) is 17.1 Å². The monoisotopic (exact) mass is 294 g/mol. The quantitative estimate of drug-likeness (QED) is 0.432. The molecule has 1 fully saturated rings. The van der Waals surface area contributed by atoms with Crippen LogP contribution in [-0.4, -0.2) is 31.5 Å². The van der Waals surface area contributed by atoms with Crippen molar-refractivity contribution in [3.05, 3.63) is 29.3 Å². The van der Waals surface area contributed by atoms with Crippen LogP contribution in [0.1, 0.15) is 5.56 Å². The van der Waals surface area contributed by atoms with Crippen LogP contribution in [0.25, 0.3) is 6.08 Å². The number of amides is 2. The summed E-state index contributed by atoms with van der Waals surface area (Å²) in [5.41, 5.74) is 0.000590. The molecule has 2 amide bonds. The number of methoxy groups -OCH3 is 2. The lowest BCUT2D eigenvalue weighted by Gasteiger charge is -2.21. The van der Waals surface area contributed by atoms with E-state index in [1.807, 2.05) is 0 Å².